The fourth-order valence-electron chi connectivity index (χ4n) is 7.90. The van der Waals surface area contributed by atoms with E-state index in [1.165, 1.54) is 69.3 Å². The monoisotopic (exact) mass is 1100 g/mol. The molecule has 6 aromatic rings. The molecule has 0 aliphatic carbocycles. The highest BCUT2D eigenvalue weighted by atomic mass is 32.3. The number of halogens is 3. The Kier molecular flexibility index (Phi) is 17.7. The van der Waals surface area contributed by atoms with Crippen LogP contribution >= 0.6 is 22.7 Å². The van der Waals surface area contributed by atoms with Crippen molar-refractivity contribution in [2.45, 2.75) is 65.5 Å². The summed E-state index contributed by atoms with van der Waals surface area (Å²) in [7, 11) is -5.78. The number of ether oxygens (including phenoxy) is 1. The highest BCUT2D eigenvalue weighted by Gasteiger charge is 2.34. The van der Waals surface area contributed by atoms with Gasteiger partial charge in [-0.1, -0.05) is 12.1 Å². The quantitative estimate of drug-likeness (QED) is 0.0493. The molecule has 392 valence electrons. The minimum absolute atomic E-state index is 0.0823. The molecular weight excluding hydrogens is 1050 g/mol. The number of benzene rings is 4. The molecule has 8 rings (SSSR count). The average Bonchev–Trinajstić information content (AvgIpc) is 4.10. The predicted molar refractivity (Wildman–Crippen MR) is 272 cm³/mol. The van der Waals surface area contributed by atoms with Crippen molar-refractivity contribution in [1.29, 1.82) is 0 Å². The third-order valence-electron chi connectivity index (χ3n) is 11.9. The Morgan fingerprint density at radius 1 is 0.622 bits per heavy atom. The van der Waals surface area contributed by atoms with Gasteiger partial charge in [0, 0.05) is 101 Å². The van der Waals surface area contributed by atoms with Crippen molar-refractivity contribution in [1.82, 2.24) is 19.2 Å². The van der Waals surface area contributed by atoms with Crippen LogP contribution in [-0.4, -0.2) is 92.5 Å². The van der Waals surface area contributed by atoms with Gasteiger partial charge in [-0.3, -0.25) is 29.8 Å². The number of sulfonamides is 2. The molecule has 2 aliphatic rings. The van der Waals surface area contributed by atoms with Crippen LogP contribution in [0, 0.1) is 20.2 Å². The number of nitrogens with zero attached hydrogens (tertiary/aromatic N) is 4. The summed E-state index contributed by atoms with van der Waals surface area (Å²) in [5.41, 5.74) is 0.816. The van der Waals surface area contributed by atoms with Gasteiger partial charge in [0.15, 0.2) is 0 Å². The topological polar surface area (TPSA) is 253 Å². The lowest BCUT2D eigenvalue weighted by molar-refractivity contribution is -0.385. The van der Waals surface area contributed by atoms with E-state index < -0.39 is 53.4 Å². The van der Waals surface area contributed by atoms with E-state index in [1.54, 1.807) is 31.4 Å². The number of nitrogens with one attached hydrogen (secondary N) is 4. The van der Waals surface area contributed by atoms with Crippen LogP contribution in [0.25, 0.3) is 0 Å². The van der Waals surface area contributed by atoms with Crippen LogP contribution < -0.4 is 26.0 Å². The summed E-state index contributed by atoms with van der Waals surface area (Å²) in [5.74, 6) is -0.0844. The summed E-state index contributed by atoms with van der Waals surface area (Å²) in [6, 6.07) is 29.3. The third-order valence-corrected chi connectivity index (χ3v) is 18.8. The number of anilines is 2. The number of carbonyl (C=O) groups excluding carboxylic acids is 2. The van der Waals surface area contributed by atoms with Gasteiger partial charge in [-0.15, -0.1) is 22.7 Å². The molecule has 2 amide bonds. The van der Waals surface area contributed by atoms with Crippen molar-refractivity contribution in [3.05, 3.63) is 168 Å². The van der Waals surface area contributed by atoms with Gasteiger partial charge in [0.1, 0.15) is 14.2 Å². The maximum atomic E-state index is 13.2. The van der Waals surface area contributed by atoms with E-state index in [9.17, 15) is 59.8 Å². The summed E-state index contributed by atoms with van der Waals surface area (Å²) >= 11 is 2.15. The van der Waals surface area contributed by atoms with Crippen molar-refractivity contribution in [2.75, 3.05) is 43.9 Å². The van der Waals surface area contributed by atoms with Gasteiger partial charge in [-0.05, 0) is 105 Å². The Bertz CT molecular complexity index is 3180. The first-order valence-corrected chi connectivity index (χ1v) is 27.3. The van der Waals surface area contributed by atoms with Crippen molar-refractivity contribution < 1.29 is 54.2 Å². The lowest BCUT2D eigenvalue weighted by atomic mass is 10.1. The van der Waals surface area contributed by atoms with E-state index in [2.05, 4.69) is 21.3 Å². The highest BCUT2D eigenvalue weighted by molar-refractivity contribution is 7.91. The van der Waals surface area contributed by atoms with Crippen LogP contribution in [0.3, 0.4) is 0 Å². The molecule has 2 saturated heterocycles. The van der Waals surface area contributed by atoms with Crippen LogP contribution in [0.1, 0.15) is 61.7 Å². The number of amides is 2. The number of hydrogen-bond acceptors (Lipinski definition) is 15. The molecule has 0 atom stereocenters. The lowest BCUT2D eigenvalue weighted by Crippen LogP contribution is -2.42. The number of thiophene rings is 2. The van der Waals surface area contributed by atoms with Crippen LogP contribution in [0.15, 0.2) is 130 Å². The number of hydrogen-bond donors (Lipinski definition) is 4. The molecule has 0 spiro atoms. The van der Waals surface area contributed by atoms with Crippen molar-refractivity contribution in [3.63, 3.8) is 0 Å². The van der Waals surface area contributed by atoms with Gasteiger partial charge in [0.25, 0.3) is 43.2 Å². The minimum atomic E-state index is -4.44. The van der Waals surface area contributed by atoms with E-state index in [0.29, 0.717) is 54.2 Å². The first kappa shape index (κ1) is 54.8. The molecule has 4 heterocycles. The Labute approximate surface area is 431 Å². The second kappa shape index (κ2) is 23.9. The first-order valence-electron chi connectivity index (χ1n) is 22.8. The highest BCUT2D eigenvalue weighted by Crippen LogP contribution is 2.33. The smallest absolute Gasteiger partial charge is 0.416 e. The number of piperidine rings is 2. The maximum Gasteiger partial charge on any atom is 0.416 e. The normalized spacial score (nSPS) is 15.0. The Morgan fingerprint density at radius 2 is 1.03 bits per heavy atom. The third kappa shape index (κ3) is 14.2. The molecular formula is C48H49F3N8O11S4. The molecule has 0 unspecified atom stereocenters. The summed E-state index contributed by atoms with van der Waals surface area (Å²) in [5, 5.41) is 33.4. The molecule has 0 bridgehead atoms. The molecule has 19 nitrogen and oxygen atoms in total. The summed E-state index contributed by atoms with van der Waals surface area (Å²) in [6.07, 6.45) is -2.22. The summed E-state index contributed by atoms with van der Waals surface area (Å²) < 4.78 is 99.9. The molecule has 2 aliphatic heterocycles. The molecule has 2 fully saturated rings. The SMILES string of the molecule is COc1cccc(NC2CCN(S(=O)(=O)c3ccc(CNC(=O)c4ccc([N+](=O)[O-])cc4)s3)CC2)c1.O=C(NCc1ccc(S(=O)(=O)N2CCC(Nc3cccc(C(F)(F)F)c3)CC2)s1)c1ccc([N+](=O)[O-])cc1. The van der Waals surface area contributed by atoms with Crippen LogP contribution in [-0.2, 0) is 39.3 Å². The number of nitro groups is 2. The van der Waals surface area contributed by atoms with Gasteiger partial charge in [0.05, 0.1) is 35.6 Å². The zero-order chi connectivity index (χ0) is 53.2. The molecule has 4 aromatic carbocycles. The molecule has 0 saturated carbocycles. The van der Waals surface area contributed by atoms with Gasteiger partial charge in [0.2, 0.25) is 0 Å². The first-order chi connectivity index (χ1) is 35.2. The number of carbonyl (C=O) groups is 2. The van der Waals surface area contributed by atoms with E-state index >= 15 is 0 Å². The predicted octanol–water partition coefficient (Wildman–Crippen LogP) is 8.73. The van der Waals surface area contributed by atoms with E-state index in [-0.39, 0.29) is 69.2 Å². The van der Waals surface area contributed by atoms with Crippen molar-refractivity contribution >= 4 is 77.3 Å². The summed E-state index contributed by atoms with van der Waals surface area (Å²) in [4.78, 5) is 46.3. The second-order valence-corrected chi connectivity index (χ2v) is 23.5. The average molecular weight is 1100 g/mol. The number of rotatable bonds is 17. The number of methoxy groups -OCH3 is 1. The standard InChI is InChI=1S/C24H23F3N4O5S2.C24H26N4O6S2/c25-24(26,27)17-2-1-3-19(14-17)29-18-10-12-30(13-11-18)38(35,36)22-9-8-21(37-22)15-28-23(32)16-4-6-20(7-5-16)31(33)34;1-34-21-4-2-3-19(15-21)26-18-11-13-27(14-12-18)36(32,33)23-10-9-22(35-23)16-25-24(29)17-5-7-20(8-6-17)28(30)31/h1-9,14,18,29H,10-13,15H2,(H,28,32);2-10,15,18,26H,11-14,16H2,1H3,(H,25,29). The maximum absolute atomic E-state index is 13.2. The molecule has 26 heteroatoms. The minimum Gasteiger partial charge on any atom is -0.497 e. The second-order valence-electron chi connectivity index (χ2n) is 16.9. The van der Waals surface area contributed by atoms with Gasteiger partial charge in [-0.2, -0.15) is 21.8 Å². The zero-order valence-corrected chi connectivity index (χ0v) is 42.6. The van der Waals surface area contributed by atoms with Gasteiger partial charge in [-0.25, -0.2) is 16.8 Å². The molecule has 0 radical (unpaired) electrons. The van der Waals surface area contributed by atoms with Crippen molar-refractivity contribution in [2.24, 2.45) is 0 Å². The van der Waals surface area contributed by atoms with E-state index in [4.69, 9.17) is 4.74 Å². The largest absolute Gasteiger partial charge is 0.497 e. The Morgan fingerprint density at radius 3 is 1.42 bits per heavy atom. The van der Waals surface area contributed by atoms with Crippen LogP contribution in [0.4, 0.5) is 35.9 Å². The number of non-ortho nitro benzene ring substituents is 2. The summed E-state index contributed by atoms with van der Waals surface area (Å²) in [6.45, 7) is 1.48. The Hall–Kier alpha value is -6.97. The van der Waals surface area contributed by atoms with Gasteiger partial charge < -0.3 is 26.0 Å². The molecule has 2 aromatic heterocycles. The Balaban J connectivity index is 0.000000217. The van der Waals surface area contributed by atoms with Gasteiger partial charge >= 0.3 is 6.18 Å². The lowest BCUT2D eigenvalue weighted by Gasteiger charge is -2.32. The van der Waals surface area contributed by atoms with E-state index in [1.807, 2.05) is 24.3 Å². The van der Waals surface area contributed by atoms with Crippen LogP contribution in [0.5, 0.6) is 5.75 Å². The number of alkyl halides is 3. The van der Waals surface area contributed by atoms with Crippen LogP contribution in [0.2, 0.25) is 0 Å². The molecule has 4 N–H and O–H groups in total. The van der Waals surface area contributed by atoms with E-state index in [0.717, 1.165) is 46.2 Å². The molecule has 74 heavy (non-hydrogen) atoms. The van der Waals surface area contributed by atoms with Crippen molar-refractivity contribution in [3.8, 4) is 5.75 Å². The number of nitro benzene ring substituents is 2. The zero-order valence-electron chi connectivity index (χ0n) is 39.3. The fraction of sp³-hybridized carbons (Fsp3) is 0.292. The fourth-order valence-corrected chi connectivity index (χ4v) is 13.7.